The van der Waals surface area contributed by atoms with Crippen LogP contribution in [0, 0.1) is 39.4 Å². The molecular weight excluding hydrogens is 268 g/mol. The number of hydrogen-bond acceptors (Lipinski definition) is 1. The molecule has 1 heteroatoms. The average Bonchev–Trinajstić information content (AvgIpc) is 2.43. The quantitative estimate of drug-likeness (QED) is 0.634. The van der Waals surface area contributed by atoms with Gasteiger partial charge in [0, 0.05) is 5.41 Å². The second-order valence-electron chi connectivity index (χ2n) is 10.9. The van der Waals surface area contributed by atoms with E-state index in [-0.39, 0.29) is 16.9 Å². The van der Waals surface area contributed by atoms with E-state index in [9.17, 15) is 5.11 Å². The van der Waals surface area contributed by atoms with E-state index in [0.717, 1.165) is 17.8 Å². The molecule has 0 heterocycles. The standard InChI is InChI=1S/C21H36O/c1-18(2)9-6-10-20(5)15(18)8-12-21-11-7-14(13-16(20)21)19(3,4)17(21)22/h14-17,22H,6-13H2,1-5H3. The monoisotopic (exact) mass is 304 g/mol. The van der Waals surface area contributed by atoms with Crippen LogP contribution in [-0.2, 0) is 0 Å². The van der Waals surface area contributed by atoms with E-state index >= 15 is 0 Å². The van der Waals surface area contributed by atoms with E-state index in [1.807, 2.05) is 0 Å². The number of hydrogen-bond donors (Lipinski definition) is 1. The molecule has 1 spiro atoms. The van der Waals surface area contributed by atoms with E-state index in [4.69, 9.17) is 0 Å². The maximum absolute atomic E-state index is 11.3. The Bertz CT molecular complexity index is 478. The summed E-state index contributed by atoms with van der Waals surface area (Å²) in [6, 6.07) is 0. The zero-order valence-corrected chi connectivity index (χ0v) is 15.4. The third-order valence-electron chi connectivity index (χ3n) is 9.44. The molecule has 5 aliphatic carbocycles. The highest BCUT2D eigenvalue weighted by atomic mass is 16.3. The Morgan fingerprint density at radius 3 is 2.23 bits per heavy atom. The van der Waals surface area contributed by atoms with Crippen LogP contribution in [0.3, 0.4) is 0 Å². The molecule has 5 saturated carbocycles. The molecule has 0 aromatic heterocycles. The van der Waals surface area contributed by atoms with Crippen molar-refractivity contribution in [3.63, 3.8) is 0 Å². The lowest BCUT2D eigenvalue weighted by atomic mass is 9.34. The maximum atomic E-state index is 11.3. The fourth-order valence-electron chi connectivity index (χ4n) is 8.30. The molecule has 1 N–H and O–H groups in total. The fraction of sp³-hybridized carbons (Fsp3) is 1.00. The van der Waals surface area contributed by atoms with Crippen LogP contribution < -0.4 is 0 Å². The summed E-state index contributed by atoms with van der Waals surface area (Å²) in [4.78, 5) is 0. The minimum Gasteiger partial charge on any atom is -0.392 e. The lowest BCUT2D eigenvalue weighted by Gasteiger charge is -2.72. The van der Waals surface area contributed by atoms with Crippen molar-refractivity contribution in [2.24, 2.45) is 39.4 Å². The third-order valence-corrected chi connectivity index (χ3v) is 9.44. The van der Waals surface area contributed by atoms with Gasteiger partial charge in [-0.1, -0.05) is 41.0 Å². The van der Waals surface area contributed by atoms with Gasteiger partial charge in [0.15, 0.2) is 0 Å². The molecule has 5 fully saturated rings. The van der Waals surface area contributed by atoms with E-state index in [1.54, 1.807) is 0 Å². The van der Waals surface area contributed by atoms with Gasteiger partial charge < -0.3 is 5.11 Å². The van der Waals surface area contributed by atoms with Crippen LogP contribution in [0.1, 0.15) is 86.0 Å². The number of rotatable bonds is 0. The van der Waals surface area contributed by atoms with Gasteiger partial charge in [-0.05, 0) is 78.9 Å². The molecule has 0 amide bonds. The van der Waals surface area contributed by atoms with Gasteiger partial charge >= 0.3 is 0 Å². The van der Waals surface area contributed by atoms with Gasteiger partial charge in [-0.2, -0.15) is 0 Å². The minimum atomic E-state index is -0.0692. The summed E-state index contributed by atoms with van der Waals surface area (Å²) in [7, 11) is 0. The topological polar surface area (TPSA) is 20.2 Å². The molecule has 0 aliphatic heterocycles. The van der Waals surface area contributed by atoms with E-state index < -0.39 is 0 Å². The largest absolute Gasteiger partial charge is 0.392 e. The number of fused-ring (bicyclic) bond motifs is 3. The Balaban J connectivity index is 1.78. The van der Waals surface area contributed by atoms with Crippen LogP contribution in [0.5, 0.6) is 0 Å². The smallest absolute Gasteiger partial charge is 0.0652 e. The van der Waals surface area contributed by atoms with Crippen molar-refractivity contribution in [3.05, 3.63) is 0 Å². The molecule has 5 aliphatic rings. The predicted molar refractivity (Wildman–Crippen MR) is 91.5 cm³/mol. The van der Waals surface area contributed by atoms with Gasteiger partial charge in [0.05, 0.1) is 6.10 Å². The summed E-state index contributed by atoms with van der Waals surface area (Å²) >= 11 is 0. The zero-order valence-electron chi connectivity index (χ0n) is 15.4. The van der Waals surface area contributed by atoms with Crippen molar-refractivity contribution in [3.8, 4) is 0 Å². The second kappa shape index (κ2) is 4.32. The molecule has 0 radical (unpaired) electrons. The lowest BCUT2D eigenvalue weighted by molar-refractivity contribution is -0.263. The summed E-state index contributed by atoms with van der Waals surface area (Å²) < 4.78 is 0. The molecule has 6 unspecified atom stereocenters. The molecule has 5 rings (SSSR count). The minimum absolute atomic E-state index is 0.0692. The van der Waals surface area contributed by atoms with Crippen molar-refractivity contribution < 1.29 is 5.11 Å². The Labute approximate surface area is 137 Å². The van der Waals surface area contributed by atoms with E-state index in [2.05, 4.69) is 34.6 Å². The number of aliphatic hydroxyl groups is 1. The Hall–Kier alpha value is -0.0400. The van der Waals surface area contributed by atoms with Crippen molar-refractivity contribution in [1.82, 2.24) is 0 Å². The highest BCUT2D eigenvalue weighted by Crippen LogP contribution is 2.73. The summed E-state index contributed by atoms with van der Waals surface area (Å²) in [6.45, 7) is 12.4. The summed E-state index contributed by atoms with van der Waals surface area (Å²) in [5, 5.41) is 11.3. The highest BCUT2D eigenvalue weighted by Gasteiger charge is 2.68. The summed E-state index contributed by atoms with van der Waals surface area (Å²) in [5.41, 5.74) is 1.38. The van der Waals surface area contributed by atoms with Crippen molar-refractivity contribution >= 4 is 0 Å². The molecule has 0 aromatic carbocycles. The van der Waals surface area contributed by atoms with Crippen molar-refractivity contribution in [1.29, 1.82) is 0 Å². The third kappa shape index (κ3) is 1.65. The normalized spacial score (nSPS) is 55.4. The van der Waals surface area contributed by atoms with Crippen LogP contribution in [0.4, 0.5) is 0 Å². The van der Waals surface area contributed by atoms with Gasteiger partial charge in [-0.15, -0.1) is 0 Å². The molecular formula is C21H36O. The Morgan fingerprint density at radius 1 is 0.818 bits per heavy atom. The first kappa shape index (κ1) is 15.5. The predicted octanol–water partition coefficient (Wildman–Crippen LogP) is 5.42. The maximum Gasteiger partial charge on any atom is 0.0652 e. The van der Waals surface area contributed by atoms with Crippen LogP contribution in [0.25, 0.3) is 0 Å². The average molecular weight is 305 g/mol. The summed E-state index contributed by atoms with van der Waals surface area (Å²) in [6.07, 6.45) is 10.9. The lowest BCUT2D eigenvalue weighted by Crippen LogP contribution is -2.68. The molecule has 0 saturated heterocycles. The van der Waals surface area contributed by atoms with E-state index in [0.29, 0.717) is 10.8 Å². The molecule has 2 bridgehead atoms. The first-order chi connectivity index (χ1) is 10.1. The van der Waals surface area contributed by atoms with E-state index in [1.165, 1.54) is 51.4 Å². The SMILES string of the molecule is CC1(C)CCCC2(C)C1CCC13CCC(CC21)C(C)(C)C3O. The molecule has 1 nitrogen and oxygen atoms in total. The fourth-order valence-corrected chi connectivity index (χ4v) is 8.30. The molecule has 126 valence electrons. The second-order valence-corrected chi connectivity index (χ2v) is 10.9. The van der Waals surface area contributed by atoms with Gasteiger partial charge in [-0.25, -0.2) is 0 Å². The van der Waals surface area contributed by atoms with Gasteiger partial charge in [0.2, 0.25) is 0 Å². The number of aliphatic hydroxyl groups excluding tert-OH is 1. The Kier molecular flexibility index (Phi) is 3.04. The molecule has 6 atom stereocenters. The highest BCUT2D eigenvalue weighted by molar-refractivity contribution is 5.17. The van der Waals surface area contributed by atoms with Crippen LogP contribution in [-0.4, -0.2) is 11.2 Å². The molecule has 22 heavy (non-hydrogen) atoms. The van der Waals surface area contributed by atoms with Crippen LogP contribution in [0.2, 0.25) is 0 Å². The zero-order chi connectivity index (χ0) is 16.0. The first-order valence-corrected chi connectivity index (χ1v) is 9.83. The van der Waals surface area contributed by atoms with Gasteiger partial charge in [0.25, 0.3) is 0 Å². The van der Waals surface area contributed by atoms with Gasteiger partial charge in [-0.3, -0.25) is 0 Å². The van der Waals surface area contributed by atoms with Crippen molar-refractivity contribution in [2.75, 3.05) is 0 Å². The summed E-state index contributed by atoms with van der Waals surface area (Å²) in [5.74, 6) is 2.40. The Morgan fingerprint density at radius 2 is 1.50 bits per heavy atom. The van der Waals surface area contributed by atoms with Gasteiger partial charge in [0.1, 0.15) is 0 Å². The van der Waals surface area contributed by atoms with Crippen LogP contribution in [0.15, 0.2) is 0 Å². The first-order valence-electron chi connectivity index (χ1n) is 9.83. The van der Waals surface area contributed by atoms with Crippen molar-refractivity contribution in [2.45, 2.75) is 92.1 Å². The van der Waals surface area contributed by atoms with Crippen LogP contribution >= 0.6 is 0 Å². The molecule has 0 aromatic rings.